The SMILES string of the molecule is [N-]=[N+]=N[C@H]1CCC[C@@H]1N=[N+]=[N-]. The van der Waals surface area contributed by atoms with Crippen molar-refractivity contribution >= 4 is 0 Å². The van der Waals surface area contributed by atoms with Crippen LogP contribution in [-0.4, -0.2) is 12.1 Å². The highest BCUT2D eigenvalue weighted by Gasteiger charge is 2.24. The third kappa shape index (κ3) is 1.77. The van der Waals surface area contributed by atoms with Crippen molar-refractivity contribution in [2.75, 3.05) is 0 Å². The van der Waals surface area contributed by atoms with Gasteiger partial charge in [0.1, 0.15) is 0 Å². The minimum atomic E-state index is -0.115. The lowest BCUT2D eigenvalue weighted by molar-refractivity contribution is 0.597. The molecule has 1 aliphatic rings. The number of azide groups is 2. The molecule has 0 spiro atoms. The van der Waals surface area contributed by atoms with Crippen LogP contribution in [0, 0.1) is 0 Å². The predicted octanol–water partition coefficient (Wildman–Crippen LogP) is 2.53. The molecule has 0 saturated heterocycles. The highest BCUT2D eigenvalue weighted by atomic mass is 15.2. The average molecular weight is 152 g/mol. The van der Waals surface area contributed by atoms with E-state index >= 15 is 0 Å². The van der Waals surface area contributed by atoms with Gasteiger partial charge in [0.05, 0.1) is 0 Å². The second-order valence-corrected chi connectivity index (χ2v) is 2.48. The number of hydrogen-bond acceptors (Lipinski definition) is 2. The first-order chi connectivity index (χ1) is 5.38. The van der Waals surface area contributed by atoms with Crippen molar-refractivity contribution in [3.8, 4) is 0 Å². The Balaban J connectivity index is 2.64. The Kier molecular flexibility index (Phi) is 2.60. The van der Waals surface area contributed by atoms with Crippen molar-refractivity contribution in [3.63, 3.8) is 0 Å². The number of nitrogens with zero attached hydrogens (tertiary/aromatic N) is 6. The van der Waals surface area contributed by atoms with E-state index in [1.165, 1.54) is 0 Å². The van der Waals surface area contributed by atoms with Crippen LogP contribution in [-0.2, 0) is 0 Å². The minimum absolute atomic E-state index is 0.115. The van der Waals surface area contributed by atoms with Gasteiger partial charge in [-0.25, -0.2) is 0 Å². The molecule has 11 heavy (non-hydrogen) atoms. The number of hydrogen-bond donors (Lipinski definition) is 0. The van der Waals surface area contributed by atoms with E-state index in [1.54, 1.807) is 0 Å². The maximum absolute atomic E-state index is 8.14. The van der Waals surface area contributed by atoms with Gasteiger partial charge in [-0.15, -0.1) is 0 Å². The fourth-order valence-corrected chi connectivity index (χ4v) is 1.32. The molecule has 1 aliphatic carbocycles. The van der Waals surface area contributed by atoms with Crippen LogP contribution in [0.3, 0.4) is 0 Å². The van der Waals surface area contributed by atoms with Crippen molar-refractivity contribution in [1.29, 1.82) is 0 Å². The minimum Gasteiger partial charge on any atom is -0.0902 e. The van der Waals surface area contributed by atoms with Crippen LogP contribution in [0.2, 0.25) is 0 Å². The van der Waals surface area contributed by atoms with E-state index in [2.05, 4.69) is 20.1 Å². The van der Waals surface area contributed by atoms with Crippen LogP contribution >= 0.6 is 0 Å². The Hall–Kier alpha value is -1.38. The monoisotopic (exact) mass is 152 g/mol. The molecular weight excluding hydrogens is 144 g/mol. The molecule has 0 aromatic heterocycles. The first-order valence-electron chi connectivity index (χ1n) is 3.47. The summed E-state index contributed by atoms with van der Waals surface area (Å²) in [5.41, 5.74) is 16.3. The second kappa shape index (κ2) is 3.71. The second-order valence-electron chi connectivity index (χ2n) is 2.48. The van der Waals surface area contributed by atoms with E-state index in [0.717, 1.165) is 19.3 Å². The van der Waals surface area contributed by atoms with E-state index in [0.29, 0.717) is 0 Å². The molecule has 1 fully saturated rings. The van der Waals surface area contributed by atoms with E-state index in [1.807, 2.05) is 0 Å². The normalized spacial score (nSPS) is 28.7. The quantitative estimate of drug-likeness (QED) is 0.330. The van der Waals surface area contributed by atoms with Gasteiger partial charge in [-0.2, -0.15) is 0 Å². The molecule has 0 radical (unpaired) electrons. The highest BCUT2D eigenvalue weighted by molar-refractivity contribution is 4.88. The van der Waals surface area contributed by atoms with Gasteiger partial charge in [-0.05, 0) is 23.9 Å². The van der Waals surface area contributed by atoms with Crippen LogP contribution in [0.25, 0.3) is 20.9 Å². The summed E-state index contributed by atoms with van der Waals surface area (Å²) in [7, 11) is 0. The van der Waals surface area contributed by atoms with Crippen LogP contribution in [0.1, 0.15) is 19.3 Å². The van der Waals surface area contributed by atoms with Crippen LogP contribution in [0.4, 0.5) is 0 Å². The van der Waals surface area contributed by atoms with Crippen molar-refractivity contribution in [2.45, 2.75) is 31.3 Å². The van der Waals surface area contributed by atoms with Crippen LogP contribution in [0.15, 0.2) is 10.2 Å². The molecule has 0 aromatic carbocycles. The van der Waals surface area contributed by atoms with Crippen LogP contribution in [0.5, 0.6) is 0 Å². The molecular formula is C5H8N6. The molecule has 58 valence electrons. The van der Waals surface area contributed by atoms with Gasteiger partial charge in [-0.3, -0.25) is 0 Å². The van der Waals surface area contributed by atoms with Crippen molar-refractivity contribution in [1.82, 2.24) is 0 Å². The molecule has 1 rings (SSSR count). The molecule has 6 nitrogen and oxygen atoms in total. The third-order valence-corrected chi connectivity index (χ3v) is 1.84. The summed E-state index contributed by atoms with van der Waals surface area (Å²) in [6.45, 7) is 0. The van der Waals surface area contributed by atoms with Gasteiger partial charge in [0.15, 0.2) is 0 Å². The lowest BCUT2D eigenvalue weighted by Crippen LogP contribution is -2.12. The lowest BCUT2D eigenvalue weighted by atomic mass is 10.2. The maximum atomic E-state index is 8.14. The molecule has 0 bridgehead atoms. The first-order valence-corrected chi connectivity index (χ1v) is 3.47. The summed E-state index contributed by atoms with van der Waals surface area (Å²) in [6.07, 6.45) is 2.66. The third-order valence-electron chi connectivity index (χ3n) is 1.84. The van der Waals surface area contributed by atoms with E-state index in [4.69, 9.17) is 11.1 Å². The molecule has 0 N–H and O–H groups in total. The fourth-order valence-electron chi connectivity index (χ4n) is 1.32. The summed E-state index contributed by atoms with van der Waals surface area (Å²) in [5, 5.41) is 7.08. The van der Waals surface area contributed by atoms with Crippen LogP contribution < -0.4 is 0 Å². The predicted molar refractivity (Wildman–Crippen MR) is 39.7 cm³/mol. The summed E-state index contributed by atoms with van der Waals surface area (Å²) in [4.78, 5) is 5.38. The van der Waals surface area contributed by atoms with Crippen molar-refractivity contribution in [3.05, 3.63) is 20.9 Å². The summed E-state index contributed by atoms with van der Waals surface area (Å²) >= 11 is 0. The zero-order valence-electron chi connectivity index (χ0n) is 5.96. The maximum Gasteiger partial charge on any atom is 0.0458 e. The van der Waals surface area contributed by atoms with Gasteiger partial charge in [0, 0.05) is 21.9 Å². The molecule has 1 saturated carbocycles. The zero-order chi connectivity index (χ0) is 8.10. The highest BCUT2D eigenvalue weighted by Crippen LogP contribution is 2.24. The smallest absolute Gasteiger partial charge is 0.0458 e. The standard InChI is InChI=1S/C5H8N6/c6-10-8-4-2-1-3-5(4)9-11-7/h4-5H,1-3H2/t4-,5-/m0/s1. The first kappa shape index (κ1) is 7.72. The number of rotatable bonds is 2. The largest absolute Gasteiger partial charge is 0.0902 e. The molecule has 0 amide bonds. The summed E-state index contributed by atoms with van der Waals surface area (Å²) < 4.78 is 0. The Bertz CT molecular complexity index is 199. The topological polar surface area (TPSA) is 97.5 Å². The van der Waals surface area contributed by atoms with Gasteiger partial charge < -0.3 is 0 Å². The molecule has 0 aromatic rings. The zero-order valence-corrected chi connectivity index (χ0v) is 5.96. The fraction of sp³-hybridized carbons (Fsp3) is 1.00. The van der Waals surface area contributed by atoms with Crippen molar-refractivity contribution < 1.29 is 0 Å². The van der Waals surface area contributed by atoms with Gasteiger partial charge in [0.2, 0.25) is 0 Å². The molecule has 0 unspecified atom stereocenters. The van der Waals surface area contributed by atoms with E-state index < -0.39 is 0 Å². The average Bonchev–Trinajstić information content (AvgIpc) is 2.39. The molecule has 2 atom stereocenters. The lowest BCUT2D eigenvalue weighted by Gasteiger charge is -2.05. The van der Waals surface area contributed by atoms with Gasteiger partial charge >= 0.3 is 0 Å². The Morgan fingerprint density at radius 3 is 1.82 bits per heavy atom. The van der Waals surface area contributed by atoms with E-state index in [9.17, 15) is 0 Å². The van der Waals surface area contributed by atoms with Crippen molar-refractivity contribution in [2.24, 2.45) is 10.2 Å². The van der Waals surface area contributed by atoms with Gasteiger partial charge in [0.25, 0.3) is 0 Å². The van der Waals surface area contributed by atoms with Gasteiger partial charge in [-0.1, -0.05) is 16.6 Å². The molecule has 6 heteroatoms. The Labute approximate surface area is 63.5 Å². The Morgan fingerprint density at radius 1 is 1.00 bits per heavy atom. The molecule has 0 heterocycles. The molecule has 0 aliphatic heterocycles. The Morgan fingerprint density at radius 2 is 1.45 bits per heavy atom. The summed E-state index contributed by atoms with van der Waals surface area (Å²) in [6, 6.07) is -0.230. The summed E-state index contributed by atoms with van der Waals surface area (Å²) in [5.74, 6) is 0. The van der Waals surface area contributed by atoms with E-state index in [-0.39, 0.29) is 12.1 Å².